The van der Waals surface area contributed by atoms with Gasteiger partial charge in [0.25, 0.3) is 0 Å². The summed E-state index contributed by atoms with van der Waals surface area (Å²) in [5.41, 5.74) is 7.40. The molecule has 0 fully saturated rings. The molecule has 2 N–H and O–H groups in total. The minimum Gasteiger partial charge on any atom is -0.445 e. The lowest BCUT2D eigenvalue weighted by Gasteiger charge is -2.48. The normalized spacial score (nSPS) is 14.5. The molecule has 0 radical (unpaired) electrons. The summed E-state index contributed by atoms with van der Waals surface area (Å²) in [6.45, 7) is 18.9. The van der Waals surface area contributed by atoms with Crippen LogP contribution in [0.25, 0.3) is 0 Å². The first-order valence-electron chi connectivity index (χ1n) is 9.20. The fourth-order valence-electron chi connectivity index (χ4n) is 3.41. The summed E-state index contributed by atoms with van der Waals surface area (Å²) in [5.74, 6) is 0. The Hall–Kier alpha value is 0.708. The minimum absolute atomic E-state index is 0.439. The zero-order valence-corrected chi connectivity index (χ0v) is 22.4. The van der Waals surface area contributed by atoms with Gasteiger partial charge in [0.2, 0.25) is 0 Å². The summed E-state index contributed by atoms with van der Waals surface area (Å²) in [5, 5.41) is 0. The van der Waals surface area contributed by atoms with Crippen molar-refractivity contribution >= 4 is 37.4 Å². The molecule has 0 aromatic carbocycles. The minimum atomic E-state index is -2.30. The van der Waals surface area contributed by atoms with Gasteiger partial charge in [-0.2, -0.15) is 0 Å². The summed E-state index contributed by atoms with van der Waals surface area (Å²) in [7, 11) is -4.41. The van der Waals surface area contributed by atoms with E-state index >= 15 is 0 Å². The van der Waals surface area contributed by atoms with Crippen molar-refractivity contribution in [2.75, 3.05) is 6.54 Å². The Morgan fingerprint density at radius 3 is 1.61 bits per heavy atom. The van der Waals surface area contributed by atoms with Crippen LogP contribution in [0.15, 0.2) is 0 Å². The summed E-state index contributed by atoms with van der Waals surface area (Å²) >= 11 is 0. The van der Waals surface area contributed by atoms with Crippen molar-refractivity contribution in [1.82, 2.24) is 0 Å². The van der Waals surface area contributed by atoms with Crippen molar-refractivity contribution in [2.24, 2.45) is 5.73 Å². The second kappa shape index (κ2) is 10.6. The van der Waals surface area contributed by atoms with Crippen LogP contribution < -0.4 is 5.73 Å². The van der Waals surface area contributed by atoms with E-state index in [9.17, 15) is 0 Å². The maximum absolute atomic E-state index is 7.07. The van der Waals surface area contributed by atoms with Crippen LogP contribution >= 0.6 is 0 Å². The van der Waals surface area contributed by atoms with E-state index in [0.29, 0.717) is 22.2 Å². The molecule has 8 heteroatoms. The van der Waals surface area contributed by atoms with Crippen molar-refractivity contribution < 1.29 is 12.3 Å². The standard InChI is InChI=1S/C15H41NO3Si4/c1-12(2)22(17-20,13(3)4)19-23(14(5)6,15(7)8)18-21-11-9-10-16/h12-15H,9-11,16,21H2,1-8,20H3. The first kappa shape index (κ1) is 23.7. The third kappa shape index (κ3) is 5.88. The summed E-state index contributed by atoms with van der Waals surface area (Å²) in [6.07, 6.45) is 1.07. The molecule has 140 valence electrons. The molecule has 0 heterocycles. The highest BCUT2D eigenvalue weighted by molar-refractivity contribution is 6.86. The van der Waals surface area contributed by atoms with E-state index in [1.165, 1.54) is 0 Å². The van der Waals surface area contributed by atoms with Crippen LogP contribution in [-0.4, -0.2) is 43.9 Å². The highest BCUT2D eigenvalue weighted by Crippen LogP contribution is 2.43. The second-order valence-corrected chi connectivity index (χ2v) is 19.9. The topological polar surface area (TPSA) is 53.7 Å². The van der Waals surface area contributed by atoms with Crippen LogP contribution in [-0.2, 0) is 12.3 Å². The van der Waals surface area contributed by atoms with Gasteiger partial charge in [0.05, 0.1) is 0 Å². The van der Waals surface area contributed by atoms with Gasteiger partial charge < -0.3 is 18.1 Å². The molecule has 0 unspecified atom stereocenters. The van der Waals surface area contributed by atoms with E-state index < -0.39 is 26.9 Å². The molecule has 0 spiro atoms. The lowest BCUT2D eigenvalue weighted by molar-refractivity contribution is 0.286. The van der Waals surface area contributed by atoms with E-state index in [0.717, 1.165) is 29.5 Å². The van der Waals surface area contributed by atoms with Crippen LogP contribution in [0.1, 0.15) is 61.8 Å². The lowest BCUT2D eigenvalue weighted by atomic mass is 10.5. The summed E-state index contributed by atoms with van der Waals surface area (Å²) in [4.78, 5) is 0. The average molecular weight is 396 g/mol. The van der Waals surface area contributed by atoms with Gasteiger partial charge in [-0.05, 0) is 41.2 Å². The number of hydrogen-bond donors (Lipinski definition) is 1. The van der Waals surface area contributed by atoms with Gasteiger partial charge in [0.15, 0.2) is 0 Å². The zero-order chi connectivity index (χ0) is 18.3. The molecule has 0 aromatic rings. The van der Waals surface area contributed by atoms with Gasteiger partial charge in [0.1, 0.15) is 20.2 Å². The van der Waals surface area contributed by atoms with E-state index in [1.807, 2.05) is 0 Å². The predicted molar refractivity (Wildman–Crippen MR) is 112 cm³/mol. The third-order valence-electron chi connectivity index (χ3n) is 4.78. The Morgan fingerprint density at radius 1 is 0.870 bits per heavy atom. The number of nitrogens with two attached hydrogens (primary N) is 1. The molecule has 23 heavy (non-hydrogen) atoms. The maximum Gasteiger partial charge on any atom is 0.324 e. The molecule has 0 rings (SSSR count). The fourth-order valence-corrected chi connectivity index (χ4v) is 22.5. The first-order valence-corrected chi connectivity index (χ1v) is 15.5. The van der Waals surface area contributed by atoms with Crippen molar-refractivity contribution in [2.45, 2.75) is 90.0 Å². The quantitative estimate of drug-likeness (QED) is 0.408. The van der Waals surface area contributed by atoms with E-state index in [2.05, 4.69) is 55.4 Å². The maximum atomic E-state index is 7.07. The van der Waals surface area contributed by atoms with E-state index in [4.69, 9.17) is 18.1 Å². The third-order valence-corrected chi connectivity index (χ3v) is 19.7. The highest BCUT2D eigenvalue weighted by atomic mass is 28.5. The highest BCUT2D eigenvalue weighted by Gasteiger charge is 2.54. The van der Waals surface area contributed by atoms with Crippen LogP contribution in [0.2, 0.25) is 28.2 Å². The molecule has 0 bridgehead atoms. The molecule has 0 aliphatic rings. The molecule has 0 aliphatic carbocycles. The molecule has 0 aromatic heterocycles. The Labute approximate surface area is 152 Å². The van der Waals surface area contributed by atoms with Crippen molar-refractivity contribution in [3.05, 3.63) is 0 Å². The first-order chi connectivity index (χ1) is 10.6. The van der Waals surface area contributed by atoms with Crippen LogP contribution in [0.4, 0.5) is 0 Å². The molecular weight excluding hydrogens is 355 g/mol. The Bertz CT molecular complexity index is 312. The van der Waals surface area contributed by atoms with Crippen LogP contribution in [0, 0.1) is 0 Å². The van der Waals surface area contributed by atoms with Gasteiger partial charge in [-0.15, -0.1) is 0 Å². The molecule has 0 amide bonds. The molecular formula is C15H41NO3Si4. The van der Waals surface area contributed by atoms with Crippen LogP contribution in [0.5, 0.6) is 0 Å². The number of hydrogen-bond acceptors (Lipinski definition) is 4. The Morgan fingerprint density at radius 2 is 1.30 bits per heavy atom. The largest absolute Gasteiger partial charge is 0.445 e. The molecule has 0 saturated heterocycles. The monoisotopic (exact) mass is 395 g/mol. The van der Waals surface area contributed by atoms with Crippen molar-refractivity contribution in [3.8, 4) is 0 Å². The second-order valence-electron chi connectivity index (χ2n) is 7.71. The summed E-state index contributed by atoms with van der Waals surface area (Å²) in [6, 6.07) is 1.15. The average Bonchev–Trinajstić information content (AvgIpc) is 2.45. The Balaban J connectivity index is 5.56. The van der Waals surface area contributed by atoms with E-state index in [1.54, 1.807) is 0 Å². The molecule has 0 aliphatic heterocycles. The van der Waals surface area contributed by atoms with Crippen LogP contribution in [0.3, 0.4) is 0 Å². The van der Waals surface area contributed by atoms with E-state index in [-0.39, 0.29) is 0 Å². The SMILES string of the molecule is CC(C)[Si](O[SiH3])(O[Si](O[SiH2]CCCN)(C(C)C)C(C)C)C(C)C. The molecule has 0 atom stereocenters. The predicted octanol–water partition coefficient (Wildman–Crippen LogP) is 2.69. The van der Waals surface area contributed by atoms with Gasteiger partial charge in [-0.3, -0.25) is 0 Å². The van der Waals surface area contributed by atoms with Gasteiger partial charge in [0, 0.05) is 0 Å². The Kier molecular flexibility index (Phi) is 11.0. The van der Waals surface area contributed by atoms with Gasteiger partial charge in [-0.25, -0.2) is 0 Å². The fraction of sp³-hybridized carbons (Fsp3) is 1.00. The molecule has 4 nitrogen and oxygen atoms in total. The number of rotatable bonds is 12. The molecule has 0 saturated carbocycles. The van der Waals surface area contributed by atoms with Gasteiger partial charge in [-0.1, -0.05) is 55.4 Å². The lowest BCUT2D eigenvalue weighted by Crippen LogP contribution is -2.61. The van der Waals surface area contributed by atoms with Gasteiger partial charge >= 0.3 is 17.1 Å². The van der Waals surface area contributed by atoms with Crippen molar-refractivity contribution in [3.63, 3.8) is 0 Å². The van der Waals surface area contributed by atoms with Crippen molar-refractivity contribution in [1.29, 1.82) is 0 Å². The zero-order valence-electron chi connectivity index (χ0n) is 16.9. The summed E-state index contributed by atoms with van der Waals surface area (Å²) < 4.78 is 20.0. The smallest absolute Gasteiger partial charge is 0.324 e.